The van der Waals surface area contributed by atoms with Gasteiger partial charge < -0.3 is 14.0 Å². The van der Waals surface area contributed by atoms with E-state index in [-0.39, 0.29) is 0 Å². The molecule has 0 aliphatic carbocycles. The van der Waals surface area contributed by atoms with Gasteiger partial charge in [0.05, 0.1) is 20.1 Å². The second kappa shape index (κ2) is 36.7. The lowest BCUT2D eigenvalue weighted by molar-refractivity contribution is 0.286. The third-order valence-corrected chi connectivity index (χ3v) is 26.8. The molecule has 20 aromatic rings. The number of rotatable bonds is 33. The average Bonchev–Trinajstić information content (AvgIpc) is 0.746. The summed E-state index contributed by atoms with van der Waals surface area (Å²) < 4.78 is 24.1. The number of quaternary nitrogens is 1. The van der Waals surface area contributed by atoms with Crippen LogP contribution in [0.25, 0.3) is 172 Å². The quantitative estimate of drug-likeness (QED) is 0.0102. The first kappa shape index (κ1) is 79.8. The van der Waals surface area contributed by atoms with Gasteiger partial charge in [0.15, 0.2) is 11.4 Å². The predicted molar refractivity (Wildman–Crippen MR) is 532 cm³/mol. The van der Waals surface area contributed by atoms with Crippen LogP contribution in [0, 0.1) is 6.07 Å². The zero-order valence-electron chi connectivity index (χ0n) is 71.6. The Hall–Kier alpha value is -12.0. The minimum absolute atomic E-state index is 0.695. The maximum Gasteiger partial charge on any atom is 0.864 e. The molecule has 0 amide bonds. The van der Waals surface area contributed by atoms with Crippen LogP contribution in [0.5, 0.6) is 17.2 Å². The number of unbranched alkanes of at least 4 members (excludes halogenated alkanes) is 22. The maximum absolute atomic E-state index is 8.02. The van der Waals surface area contributed by atoms with Gasteiger partial charge in [0.2, 0.25) is 0 Å². The molecule has 0 aliphatic rings. The first-order valence-electron chi connectivity index (χ1n) is 46.1. The fraction of sp³-hybridized carbons (Fsp3) is 0.248. The highest BCUT2D eigenvalue weighted by Crippen LogP contribution is 2.46. The van der Waals surface area contributed by atoms with Crippen LogP contribution < -0.4 is 18.4 Å². The fourth-order valence-corrected chi connectivity index (χ4v) is 20.0. The predicted octanol–water partition coefficient (Wildman–Crippen LogP) is 34.5. The van der Waals surface area contributed by atoms with E-state index in [0.29, 0.717) is 11.5 Å². The molecule has 0 aliphatic heterocycles. The van der Waals surface area contributed by atoms with E-state index in [1.807, 2.05) is 12.1 Å². The topological polar surface area (TPSA) is 27.7 Å². The van der Waals surface area contributed by atoms with Crippen LogP contribution >= 0.6 is 0 Å². The van der Waals surface area contributed by atoms with Gasteiger partial charge in [-0.25, -0.2) is 0 Å². The van der Waals surface area contributed by atoms with Gasteiger partial charge in [-0.3, -0.25) is 4.48 Å². The van der Waals surface area contributed by atoms with Crippen molar-refractivity contribution in [1.29, 1.82) is 0 Å². The van der Waals surface area contributed by atoms with Crippen LogP contribution in [0.1, 0.15) is 168 Å². The van der Waals surface area contributed by atoms with E-state index < -0.39 is 7.32 Å². The van der Waals surface area contributed by atoms with Gasteiger partial charge in [-0.15, -0.1) is 41.1 Å². The lowest BCUT2D eigenvalue weighted by Crippen LogP contribution is -2.47. The third kappa shape index (κ3) is 17.2. The summed E-state index contributed by atoms with van der Waals surface area (Å²) in [5, 5.41) is 38.4. The van der Waals surface area contributed by atoms with Crippen LogP contribution in [0.15, 0.2) is 309 Å². The number of nitrogens with zero attached hydrogens (tertiary/aromatic N) is 1. The summed E-state index contributed by atoms with van der Waals surface area (Å²) in [6.45, 7) is 6.64. The Kier molecular flexibility index (Phi) is 24.0. The normalized spacial score (nSPS) is 12.1. The molecule has 0 saturated carbocycles. The Morgan fingerprint density at radius 2 is 0.484 bits per heavy atom. The van der Waals surface area contributed by atoms with Crippen molar-refractivity contribution in [3.05, 3.63) is 315 Å². The molecule has 0 radical (unpaired) electrons. The molecule has 20 rings (SSSR count). The van der Waals surface area contributed by atoms with E-state index >= 15 is 0 Å². The lowest BCUT2D eigenvalue weighted by Gasteiger charge is -2.36. The molecule has 0 N–H and O–H groups in total. The molecule has 0 unspecified atom stereocenters. The van der Waals surface area contributed by atoms with Gasteiger partial charge in [0.1, 0.15) is 11.5 Å². The molecule has 0 bridgehead atoms. The molecule has 20 aromatic carbocycles. The zero-order chi connectivity index (χ0) is 82.1. The van der Waals surface area contributed by atoms with Crippen molar-refractivity contribution in [3.63, 3.8) is 0 Å². The standard InChI is InChI=1S/C95H99BNO3.C22H13/c1-4-6-8-10-12-14-16-18-20-22-24-32-54-97(3,55-33-25-23-21-19-17-15-13-11-9-7-5-2)92-53-52-82-61-81-51-48-78-58-70-38-28-31-41-73(70)64-85(78)88(81)67-91(82)95(92)100-96(98-93-44-34-42-74-59-79-49-46-76-56-68-36-26-29-39-71(68)62-83(76)86(79)65-89(74)93)99-94-45-35-43-75-60-80-50-47-77-57-69-37-27-30-40-72(69)63-84(77)87(80)66-90(75)94;1-3-7-17-13-21-19(11-15(17)5-1)9-10-20-12-16-6-2-4-8-18(16)14-22(20)21/h26-31,34-53,56-67H,4-25,32-33,54-55H2,1-3H3;1-7,9-14H/q+1;-1. The third-order valence-electron chi connectivity index (χ3n) is 26.8. The lowest BCUT2D eigenvalue weighted by atomic mass is 9.94. The van der Waals surface area contributed by atoms with Crippen LogP contribution in [0.2, 0.25) is 0 Å². The van der Waals surface area contributed by atoms with Crippen molar-refractivity contribution in [3.8, 4) is 17.2 Å². The minimum atomic E-state index is -1.24. The van der Waals surface area contributed by atoms with Crippen molar-refractivity contribution >= 4 is 185 Å². The number of hydrogen-bond acceptors (Lipinski definition) is 3. The Balaban J connectivity index is 0.000000381. The molecule has 0 heterocycles. The van der Waals surface area contributed by atoms with E-state index in [2.05, 4.69) is 324 Å². The Labute approximate surface area is 719 Å². The smallest absolute Gasteiger partial charge is 0.489 e. The number of hydrogen-bond donors (Lipinski definition) is 0. The minimum Gasteiger partial charge on any atom is -0.489 e. The van der Waals surface area contributed by atoms with Gasteiger partial charge in [-0.2, -0.15) is 0 Å². The summed E-state index contributed by atoms with van der Waals surface area (Å²) in [6.07, 6.45) is 31.7. The van der Waals surface area contributed by atoms with Gasteiger partial charge in [-0.05, 0) is 269 Å². The van der Waals surface area contributed by atoms with Gasteiger partial charge in [-0.1, -0.05) is 324 Å². The molecule has 606 valence electrons. The van der Waals surface area contributed by atoms with E-state index in [4.69, 9.17) is 14.0 Å². The van der Waals surface area contributed by atoms with Gasteiger partial charge in [0.25, 0.3) is 0 Å². The monoisotopic (exact) mass is 1590 g/mol. The van der Waals surface area contributed by atoms with Crippen LogP contribution in [0.4, 0.5) is 5.69 Å². The van der Waals surface area contributed by atoms with E-state index in [1.54, 1.807) is 0 Å². The summed E-state index contributed by atoms with van der Waals surface area (Å²) in [5.41, 5.74) is 1.17. The van der Waals surface area contributed by atoms with Gasteiger partial charge in [0, 0.05) is 22.2 Å². The fourth-order valence-electron chi connectivity index (χ4n) is 20.0. The molecular formula is C117H112BNO3. The highest BCUT2D eigenvalue weighted by Gasteiger charge is 2.38. The van der Waals surface area contributed by atoms with Crippen molar-refractivity contribution in [2.24, 2.45) is 0 Å². The first-order chi connectivity index (χ1) is 60.2. The van der Waals surface area contributed by atoms with Crippen molar-refractivity contribution in [2.75, 3.05) is 20.1 Å². The molecule has 0 saturated heterocycles. The molecular weight excluding hydrogens is 1480 g/mol. The largest absolute Gasteiger partial charge is 0.864 e. The van der Waals surface area contributed by atoms with Crippen LogP contribution in [-0.2, 0) is 0 Å². The molecule has 0 spiro atoms. The van der Waals surface area contributed by atoms with Gasteiger partial charge >= 0.3 is 7.32 Å². The molecule has 5 heteroatoms. The second-order valence-electron chi connectivity index (χ2n) is 35.3. The number of benzene rings is 20. The maximum atomic E-state index is 8.02. The molecule has 122 heavy (non-hydrogen) atoms. The van der Waals surface area contributed by atoms with Crippen molar-refractivity contribution in [2.45, 2.75) is 168 Å². The summed E-state index contributed by atoms with van der Waals surface area (Å²) >= 11 is 0. The van der Waals surface area contributed by atoms with Crippen molar-refractivity contribution < 1.29 is 14.0 Å². The van der Waals surface area contributed by atoms with Crippen LogP contribution in [-0.4, -0.2) is 27.5 Å². The van der Waals surface area contributed by atoms with Crippen molar-refractivity contribution in [1.82, 2.24) is 4.48 Å². The molecule has 0 fully saturated rings. The summed E-state index contributed by atoms with van der Waals surface area (Å²) in [7, 11) is 1.27. The Morgan fingerprint density at radius 1 is 0.221 bits per heavy atom. The van der Waals surface area contributed by atoms with E-state index in [1.165, 1.54) is 287 Å². The molecule has 0 aromatic heterocycles. The van der Waals surface area contributed by atoms with E-state index in [9.17, 15) is 0 Å². The highest BCUT2D eigenvalue weighted by molar-refractivity contribution is 6.41. The van der Waals surface area contributed by atoms with E-state index in [0.717, 1.165) is 68.5 Å². The Bertz CT molecular complexity index is 6900. The summed E-state index contributed by atoms with van der Waals surface area (Å²) in [5.74, 6) is 2.21. The highest BCUT2D eigenvalue weighted by atomic mass is 16.7. The zero-order valence-corrected chi connectivity index (χ0v) is 71.6. The average molecular weight is 1590 g/mol. The summed E-state index contributed by atoms with van der Waals surface area (Å²) in [6, 6.07) is 117. The first-order valence-corrected chi connectivity index (χ1v) is 46.1. The molecule has 4 nitrogen and oxygen atoms in total. The van der Waals surface area contributed by atoms with Crippen LogP contribution in [0.3, 0.4) is 0 Å². The summed E-state index contributed by atoms with van der Waals surface area (Å²) in [4.78, 5) is 0. The molecule has 0 atom stereocenters. The second-order valence-corrected chi connectivity index (χ2v) is 35.3. The Morgan fingerprint density at radius 3 is 0.844 bits per heavy atom. The SMILES string of the molecule is CCCCCCCCCCCCCC[N+](C)(CCCCCCCCCCCCCC)c1ccc2cc3ccc4cc5ccccc5cc4c3cc2c1OB(Oc1cccc2cc3ccc4cc5ccccc5cc4c3cc12)Oc1cccc2cc3ccc4cc5ccccc5cc4c3cc12.[c-]1cccc2cc3ccc4cc5ccccc5cc4c3cc12. The number of fused-ring (bicyclic) bond motifs is 20.